The van der Waals surface area contributed by atoms with E-state index in [9.17, 15) is 18.0 Å². The van der Waals surface area contributed by atoms with Crippen molar-refractivity contribution < 1.29 is 22.7 Å². The number of carbonyl (C=O) groups is 2. The summed E-state index contributed by atoms with van der Waals surface area (Å²) in [5, 5.41) is 0.127. The maximum Gasteiger partial charge on any atom is 0.252 e. The lowest BCUT2D eigenvalue weighted by Gasteiger charge is -2.26. The monoisotopic (exact) mass is 468 g/mol. The fourth-order valence-corrected chi connectivity index (χ4v) is 5.46. The molecule has 3 rings (SSSR count). The SMILES string of the molecule is C=CCN(C1CC(=O)N(c2ccc(OC)cc2)C1=O)S(=O)(=O)c1cc(Cl)ccc1Cl. The number of carbonyl (C=O) groups excluding carboxylic acids is 2. The van der Waals surface area contributed by atoms with Gasteiger partial charge >= 0.3 is 0 Å². The summed E-state index contributed by atoms with van der Waals surface area (Å²) < 4.78 is 32.6. The minimum absolute atomic E-state index is 0.0442. The van der Waals surface area contributed by atoms with Gasteiger partial charge in [-0.2, -0.15) is 4.31 Å². The number of halogens is 2. The average molecular weight is 469 g/mol. The Balaban J connectivity index is 2.00. The molecular formula is C20H18Cl2N2O5S. The average Bonchev–Trinajstić information content (AvgIpc) is 3.01. The van der Waals surface area contributed by atoms with Gasteiger partial charge in [0.2, 0.25) is 15.9 Å². The van der Waals surface area contributed by atoms with E-state index in [2.05, 4.69) is 6.58 Å². The second-order valence-electron chi connectivity index (χ2n) is 6.42. The molecule has 0 radical (unpaired) electrons. The molecule has 10 heteroatoms. The minimum Gasteiger partial charge on any atom is -0.497 e. The Bertz CT molecular complexity index is 1100. The van der Waals surface area contributed by atoms with Crippen molar-refractivity contribution in [2.75, 3.05) is 18.6 Å². The Morgan fingerprint density at radius 1 is 1.20 bits per heavy atom. The number of amides is 2. The molecule has 0 aromatic heterocycles. The van der Waals surface area contributed by atoms with Crippen molar-refractivity contribution >= 4 is 50.7 Å². The number of sulfonamides is 1. The second kappa shape index (κ2) is 8.77. The lowest BCUT2D eigenvalue weighted by Crippen LogP contribution is -2.45. The van der Waals surface area contributed by atoms with E-state index in [0.29, 0.717) is 11.4 Å². The largest absolute Gasteiger partial charge is 0.497 e. The van der Waals surface area contributed by atoms with Gasteiger partial charge in [-0.1, -0.05) is 29.3 Å². The first-order valence-corrected chi connectivity index (χ1v) is 11.0. The van der Waals surface area contributed by atoms with E-state index in [1.807, 2.05) is 0 Å². The Hall–Kier alpha value is -2.39. The zero-order valence-electron chi connectivity index (χ0n) is 15.9. The first-order chi connectivity index (χ1) is 14.2. The van der Waals surface area contributed by atoms with Gasteiger partial charge in [0, 0.05) is 11.6 Å². The number of rotatable bonds is 7. The number of ether oxygens (including phenoxy) is 1. The van der Waals surface area contributed by atoms with Crippen LogP contribution in [-0.4, -0.2) is 44.2 Å². The molecule has 1 heterocycles. The maximum absolute atomic E-state index is 13.3. The second-order valence-corrected chi connectivity index (χ2v) is 9.13. The topological polar surface area (TPSA) is 84.0 Å². The molecule has 1 unspecified atom stereocenters. The molecule has 0 spiro atoms. The smallest absolute Gasteiger partial charge is 0.252 e. The molecule has 0 bridgehead atoms. The Labute approximate surface area is 184 Å². The van der Waals surface area contributed by atoms with Crippen LogP contribution < -0.4 is 9.64 Å². The van der Waals surface area contributed by atoms with Crippen LogP contribution in [0.2, 0.25) is 10.0 Å². The van der Waals surface area contributed by atoms with Gasteiger partial charge in [0.1, 0.15) is 16.7 Å². The van der Waals surface area contributed by atoms with Crippen molar-refractivity contribution in [1.82, 2.24) is 4.31 Å². The third kappa shape index (κ3) is 4.09. The molecule has 2 aromatic rings. The number of imide groups is 1. The molecule has 7 nitrogen and oxygen atoms in total. The van der Waals surface area contributed by atoms with Crippen LogP contribution in [0.15, 0.2) is 60.0 Å². The van der Waals surface area contributed by atoms with Gasteiger partial charge in [-0.05, 0) is 42.5 Å². The van der Waals surface area contributed by atoms with Crippen LogP contribution in [0.5, 0.6) is 5.75 Å². The van der Waals surface area contributed by atoms with E-state index < -0.39 is 27.9 Å². The zero-order valence-corrected chi connectivity index (χ0v) is 18.2. The van der Waals surface area contributed by atoms with Gasteiger partial charge in [0.15, 0.2) is 0 Å². The van der Waals surface area contributed by atoms with E-state index in [1.165, 1.54) is 31.4 Å². The summed E-state index contributed by atoms with van der Waals surface area (Å²) in [5.41, 5.74) is 0.324. The molecule has 0 aliphatic carbocycles. The summed E-state index contributed by atoms with van der Waals surface area (Å²) in [6, 6.07) is 9.09. The van der Waals surface area contributed by atoms with Crippen molar-refractivity contribution in [2.24, 2.45) is 0 Å². The molecule has 2 aromatic carbocycles. The summed E-state index contributed by atoms with van der Waals surface area (Å²) in [6.07, 6.45) is 1.03. The van der Waals surface area contributed by atoms with Gasteiger partial charge in [-0.3, -0.25) is 9.59 Å². The molecule has 1 aliphatic heterocycles. The number of hydrogen-bond acceptors (Lipinski definition) is 5. The van der Waals surface area contributed by atoms with Crippen LogP contribution in [0, 0.1) is 0 Å². The standard InChI is InChI=1S/C20H18Cl2N2O5S/c1-3-10-23(30(27,28)18-11-13(21)4-9-16(18)22)17-12-19(25)24(20(17)26)14-5-7-15(29-2)8-6-14/h3-9,11,17H,1,10,12H2,2H3. The van der Waals surface area contributed by atoms with E-state index in [1.54, 1.807) is 24.3 Å². The molecule has 1 aliphatic rings. The number of methoxy groups -OCH3 is 1. The van der Waals surface area contributed by atoms with Gasteiger partial charge in [0.05, 0.1) is 24.2 Å². The molecule has 2 amide bonds. The summed E-state index contributed by atoms with van der Waals surface area (Å²) in [7, 11) is -2.75. The summed E-state index contributed by atoms with van der Waals surface area (Å²) in [4.78, 5) is 26.4. The fraction of sp³-hybridized carbons (Fsp3) is 0.200. The van der Waals surface area contributed by atoms with E-state index in [0.717, 1.165) is 9.21 Å². The Kier molecular flexibility index (Phi) is 6.52. The first-order valence-electron chi connectivity index (χ1n) is 8.79. The van der Waals surface area contributed by atoms with Crippen LogP contribution in [0.1, 0.15) is 6.42 Å². The van der Waals surface area contributed by atoms with Crippen LogP contribution >= 0.6 is 23.2 Å². The summed E-state index contributed by atoms with van der Waals surface area (Å²) in [5.74, 6) is -0.619. The number of hydrogen-bond donors (Lipinski definition) is 0. The fourth-order valence-electron chi connectivity index (χ4n) is 3.16. The highest BCUT2D eigenvalue weighted by atomic mass is 35.5. The molecular weight excluding hydrogens is 451 g/mol. The van der Waals surface area contributed by atoms with Crippen molar-refractivity contribution in [3.05, 3.63) is 65.2 Å². The van der Waals surface area contributed by atoms with Gasteiger partial charge < -0.3 is 4.74 Å². The molecule has 0 saturated carbocycles. The Morgan fingerprint density at radius 3 is 2.47 bits per heavy atom. The molecule has 1 atom stereocenters. The number of anilines is 1. The quantitative estimate of drug-likeness (QED) is 0.458. The summed E-state index contributed by atoms with van der Waals surface area (Å²) in [6.45, 7) is 3.38. The van der Waals surface area contributed by atoms with Crippen LogP contribution in [0.25, 0.3) is 0 Å². The van der Waals surface area contributed by atoms with Gasteiger partial charge in [-0.15, -0.1) is 6.58 Å². The van der Waals surface area contributed by atoms with Crippen molar-refractivity contribution in [2.45, 2.75) is 17.4 Å². The highest BCUT2D eigenvalue weighted by Gasteiger charge is 2.46. The van der Waals surface area contributed by atoms with Crippen molar-refractivity contribution in [3.8, 4) is 5.75 Å². The van der Waals surface area contributed by atoms with Crippen LogP contribution in [0.3, 0.4) is 0 Å². The third-order valence-corrected chi connectivity index (χ3v) is 7.18. The highest BCUT2D eigenvalue weighted by Crippen LogP contribution is 2.33. The van der Waals surface area contributed by atoms with Gasteiger partial charge in [-0.25, -0.2) is 13.3 Å². The molecule has 1 saturated heterocycles. The normalized spacial score (nSPS) is 16.9. The lowest BCUT2D eigenvalue weighted by molar-refractivity contribution is -0.122. The van der Waals surface area contributed by atoms with Crippen LogP contribution in [-0.2, 0) is 19.6 Å². The predicted octanol–water partition coefficient (Wildman–Crippen LogP) is 3.51. The molecule has 30 heavy (non-hydrogen) atoms. The predicted molar refractivity (Wildman–Crippen MR) is 114 cm³/mol. The van der Waals surface area contributed by atoms with E-state index in [4.69, 9.17) is 27.9 Å². The lowest BCUT2D eigenvalue weighted by atomic mass is 10.2. The number of benzene rings is 2. The summed E-state index contributed by atoms with van der Waals surface area (Å²) >= 11 is 12.0. The highest BCUT2D eigenvalue weighted by molar-refractivity contribution is 7.89. The van der Waals surface area contributed by atoms with E-state index in [-0.39, 0.29) is 27.9 Å². The molecule has 0 N–H and O–H groups in total. The third-order valence-electron chi connectivity index (χ3n) is 4.59. The maximum atomic E-state index is 13.3. The van der Waals surface area contributed by atoms with Gasteiger partial charge in [0.25, 0.3) is 5.91 Å². The van der Waals surface area contributed by atoms with E-state index >= 15 is 0 Å². The Morgan fingerprint density at radius 2 is 1.87 bits per heavy atom. The zero-order chi connectivity index (χ0) is 22.1. The number of nitrogens with zero attached hydrogens (tertiary/aromatic N) is 2. The molecule has 1 fully saturated rings. The molecule has 158 valence electrons. The first kappa shape index (κ1) is 22.3. The van der Waals surface area contributed by atoms with Crippen molar-refractivity contribution in [3.63, 3.8) is 0 Å². The van der Waals surface area contributed by atoms with Crippen molar-refractivity contribution in [1.29, 1.82) is 0 Å². The minimum atomic E-state index is -4.25. The van der Waals surface area contributed by atoms with Crippen LogP contribution in [0.4, 0.5) is 5.69 Å².